The van der Waals surface area contributed by atoms with Gasteiger partial charge in [0.15, 0.2) is 0 Å². The molecule has 4 heteroatoms. The predicted octanol–water partition coefficient (Wildman–Crippen LogP) is 4.46. The van der Waals surface area contributed by atoms with E-state index in [9.17, 15) is 0 Å². The van der Waals surface area contributed by atoms with Gasteiger partial charge in [0.05, 0.1) is 9.77 Å². The second kappa shape index (κ2) is 5.37. The Bertz CT molecular complexity index is 328. The summed E-state index contributed by atoms with van der Waals surface area (Å²) in [5.74, 6) is 0.724. The van der Waals surface area contributed by atoms with E-state index in [4.69, 9.17) is 16.3 Å². The summed E-state index contributed by atoms with van der Waals surface area (Å²) in [7, 11) is 1.49. The number of thiol groups is 1. The van der Waals surface area contributed by atoms with Crippen molar-refractivity contribution in [3.8, 4) is 5.75 Å². The molecule has 0 aliphatic heterocycles. The summed E-state index contributed by atoms with van der Waals surface area (Å²) in [5.41, 5.74) is 0. The number of rotatable bonds is 4. The Morgan fingerprint density at radius 1 is 1.40 bits per heavy atom. The van der Waals surface area contributed by atoms with E-state index < -0.39 is 0 Å². The number of hydrogen-bond acceptors (Lipinski definition) is 3. The highest BCUT2D eigenvalue weighted by Crippen LogP contribution is 2.34. The summed E-state index contributed by atoms with van der Waals surface area (Å²) < 4.78 is 5.75. The van der Waals surface area contributed by atoms with Crippen LogP contribution in [0.1, 0.15) is 20.8 Å². The molecule has 0 radical (unpaired) electrons. The molecule has 0 bridgehead atoms. The van der Waals surface area contributed by atoms with Crippen molar-refractivity contribution in [1.29, 1.82) is 0 Å². The molecule has 0 saturated heterocycles. The van der Waals surface area contributed by atoms with Crippen LogP contribution in [-0.2, 0) is 0 Å². The lowest BCUT2D eigenvalue weighted by molar-refractivity contribution is 0.188. The van der Waals surface area contributed by atoms with Crippen LogP contribution < -0.4 is 4.74 Å². The second-order valence-corrected chi connectivity index (χ2v) is 6.07. The van der Waals surface area contributed by atoms with E-state index in [1.54, 1.807) is 0 Å². The van der Waals surface area contributed by atoms with Crippen LogP contribution >= 0.6 is 34.1 Å². The van der Waals surface area contributed by atoms with Gasteiger partial charge in [0.1, 0.15) is 11.9 Å². The van der Waals surface area contributed by atoms with Crippen LogP contribution in [-0.4, -0.2) is 10.9 Å². The van der Waals surface area contributed by atoms with Crippen molar-refractivity contribution in [3.63, 3.8) is 0 Å². The summed E-state index contributed by atoms with van der Waals surface area (Å²) in [6, 6.07) is 7.50. The van der Waals surface area contributed by atoms with E-state index in [2.05, 4.69) is 25.5 Å². The Labute approximate surface area is 105 Å². The van der Waals surface area contributed by atoms with Crippen LogP contribution in [0.2, 0.25) is 5.02 Å². The molecule has 0 aliphatic rings. The Hall–Kier alpha value is 0.01000. The van der Waals surface area contributed by atoms with Crippen LogP contribution in [0.15, 0.2) is 24.3 Å². The lowest BCUT2D eigenvalue weighted by Gasteiger charge is -2.29. The molecule has 1 aromatic carbocycles. The Morgan fingerprint density at radius 3 is 2.53 bits per heavy atom. The summed E-state index contributed by atoms with van der Waals surface area (Å²) in [5, 5.41) is 0.643. The highest BCUT2D eigenvalue weighted by atomic mass is 35.5. The van der Waals surface area contributed by atoms with Crippen LogP contribution in [0.4, 0.5) is 0 Å². The van der Waals surface area contributed by atoms with Gasteiger partial charge >= 0.3 is 0 Å². The zero-order valence-corrected chi connectivity index (χ0v) is 11.5. The smallest absolute Gasteiger partial charge is 0.138 e. The average molecular weight is 263 g/mol. The monoisotopic (exact) mass is 262 g/mol. The second-order valence-electron chi connectivity index (χ2n) is 3.89. The third kappa shape index (κ3) is 3.51. The summed E-state index contributed by atoms with van der Waals surface area (Å²) in [6.45, 7) is 6.20. The van der Waals surface area contributed by atoms with Crippen molar-refractivity contribution < 1.29 is 4.74 Å². The van der Waals surface area contributed by atoms with Gasteiger partial charge in [0.25, 0.3) is 0 Å². The Balaban J connectivity index is 2.75. The van der Waals surface area contributed by atoms with E-state index in [0.717, 1.165) is 5.75 Å². The minimum Gasteiger partial charge on any atom is -0.488 e. The van der Waals surface area contributed by atoms with Gasteiger partial charge in [0.2, 0.25) is 0 Å². The Kier molecular flexibility index (Phi) is 4.68. The first-order valence-corrected chi connectivity index (χ1v) is 6.96. The minimum atomic E-state index is -0.0533. The van der Waals surface area contributed by atoms with Gasteiger partial charge < -0.3 is 4.74 Å². The first-order valence-electron chi connectivity index (χ1n) is 4.71. The third-order valence-electron chi connectivity index (χ3n) is 2.35. The van der Waals surface area contributed by atoms with Crippen LogP contribution in [0.3, 0.4) is 0 Å². The number of para-hydroxylation sites is 1. The van der Waals surface area contributed by atoms with Gasteiger partial charge in [-0.05, 0) is 32.9 Å². The molecule has 84 valence electrons. The summed E-state index contributed by atoms with van der Waals surface area (Å²) in [6.07, 6.45) is 0.0416. The lowest BCUT2D eigenvalue weighted by atomic mass is 10.1. The Morgan fingerprint density at radius 2 is 2.00 bits per heavy atom. The average Bonchev–Trinajstić information content (AvgIpc) is 2.21. The normalized spacial score (nSPS) is 13.7. The maximum absolute atomic E-state index is 6.01. The van der Waals surface area contributed by atoms with E-state index in [1.807, 2.05) is 31.2 Å². The van der Waals surface area contributed by atoms with Crippen molar-refractivity contribution in [1.82, 2.24) is 0 Å². The molecule has 0 aromatic heterocycles. The van der Waals surface area contributed by atoms with Crippen LogP contribution in [0.5, 0.6) is 5.75 Å². The first-order chi connectivity index (χ1) is 6.97. The van der Waals surface area contributed by atoms with E-state index in [1.165, 1.54) is 10.8 Å². The number of benzene rings is 1. The first kappa shape index (κ1) is 13.1. The number of hydrogen-bond donors (Lipinski definition) is 1. The fourth-order valence-corrected chi connectivity index (χ4v) is 1.77. The van der Waals surface area contributed by atoms with Crippen molar-refractivity contribution in [2.24, 2.45) is 0 Å². The minimum absolute atomic E-state index is 0.0416. The van der Waals surface area contributed by atoms with Crippen molar-refractivity contribution in [2.75, 3.05) is 0 Å². The topological polar surface area (TPSA) is 9.23 Å². The molecule has 15 heavy (non-hydrogen) atoms. The molecule has 0 aliphatic carbocycles. The van der Waals surface area contributed by atoms with Gasteiger partial charge in [0, 0.05) is 0 Å². The van der Waals surface area contributed by atoms with Crippen LogP contribution in [0.25, 0.3) is 0 Å². The fraction of sp³-hybridized carbons (Fsp3) is 0.455. The molecule has 0 heterocycles. The van der Waals surface area contributed by atoms with Crippen molar-refractivity contribution in [2.45, 2.75) is 31.6 Å². The molecule has 0 amide bonds. The standard InChI is InChI=1S/C11H15ClOS2/c1-8(11(2,3)15-14)13-10-7-5-4-6-9(10)12/h4-8,14H,1-3H3. The maximum Gasteiger partial charge on any atom is 0.138 e. The largest absolute Gasteiger partial charge is 0.488 e. The zero-order valence-electron chi connectivity index (χ0n) is 9.03. The molecule has 0 saturated carbocycles. The highest BCUT2D eigenvalue weighted by molar-refractivity contribution is 8.69. The molecule has 0 fully saturated rings. The van der Waals surface area contributed by atoms with Crippen molar-refractivity contribution in [3.05, 3.63) is 29.3 Å². The number of halogens is 1. The van der Waals surface area contributed by atoms with Gasteiger partial charge in [-0.15, -0.1) is 11.7 Å². The molecule has 1 aromatic rings. The molecule has 1 rings (SSSR count). The van der Waals surface area contributed by atoms with Gasteiger partial charge in [-0.3, -0.25) is 0 Å². The molecule has 0 spiro atoms. The quantitative estimate of drug-likeness (QED) is 0.634. The molecule has 1 nitrogen and oxygen atoms in total. The summed E-state index contributed by atoms with van der Waals surface area (Å²) >= 11 is 10.2. The highest BCUT2D eigenvalue weighted by Gasteiger charge is 2.27. The van der Waals surface area contributed by atoms with E-state index in [0.29, 0.717) is 5.02 Å². The molecule has 1 atom stereocenters. The zero-order chi connectivity index (χ0) is 11.5. The van der Waals surface area contributed by atoms with Gasteiger partial charge in [-0.2, -0.15) is 0 Å². The third-order valence-corrected chi connectivity index (χ3v) is 4.88. The molecule has 0 N–H and O–H groups in total. The molecular weight excluding hydrogens is 248 g/mol. The van der Waals surface area contributed by atoms with Gasteiger partial charge in [-0.1, -0.05) is 34.5 Å². The molecule has 1 unspecified atom stereocenters. The molecular formula is C11H15ClOS2. The fourth-order valence-electron chi connectivity index (χ4n) is 0.947. The van der Waals surface area contributed by atoms with Crippen molar-refractivity contribution >= 4 is 34.1 Å². The lowest BCUT2D eigenvalue weighted by Crippen LogP contribution is -2.34. The van der Waals surface area contributed by atoms with Crippen LogP contribution in [0, 0.1) is 0 Å². The number of ether oxygens (including phenoxy) is 1. The SMILES string of the molecule is CC(Oc1ccccc1Cl)C(C)(C)SS. The van der Waals surface area contributed by atoms with E-state index in [-0.39, 0.29) is 10.9 Å². The maximum atomic E-state index is 6.01. The van der Waals surface area contributed by atoms with E-state index >= 15 is 0 Å². The summed E-state index contributed by atoms with van der Waals surface area (Å²) in [4.78, 5) is 0. The van der Waals surface area contributed by atoms with Gasteiger partial charge in [-0.25, -0.2) is 0 Å². The predicted molar refractivity (Wildman–Crippen MR) is 72.2 cm³/mol.